The Morgan fingerprint density at radius 1 is 0.938 bits per heavy atom. The summed E-state index contributed by atoms with van der Waals surface area (Å²) in [6, 6.07) is 15.7. The number of methoxy groups -OCH3 is 2. The van der Waals surface area contributed by atoms with Gasteiger partial charge >= 0.3 is 11.9 Å². The number of ether oxygens (including phenoxy) is 4. The lowest BCUT2D eigenvalue weighted by atomic mass is 10.1. The number of cyclic esters (lactones) is 1. The van der Waals surface area contributed by atoms with Gasteiger partial charge < -0.3 is 54.7 Å². The Bertz CT molecular complexity index is 1510. The molecule has 1 aliphatic rings. The van der Waals surface area contributed by atoms with Crippen molar-refractivity contribution >= 4 is 18.2 Å². The molecule has 1 aliphatic heterocycles. The molecular weight excluding hydrogens is 632 g/mol. The zero-order valence-electron chi connectivity index (χ0n) is 26.6. The molecule has 48 heavy (non-hydrogen) atoms. The van der Waals surface area contributed by atoms with Crippen molar-refractivity contribution < 1.29 is 69.1 Å². The molecule has 0 radical (unpaired) electrons. The summed E-state index contributed by atoms with van der Waals surface area (Å²) in [6.07, 6.45) is 1.33. The highest BCUT2D eigenvalue weighted by molar-refractivity contribution is 5.89. The van der Waals surface area contributed by atoms with Crippen molar-refractivity contribution in [3.8, 4) is 28.7 Å². The van der Waals surface area contributed by atoms with E-state index in [1.807, 2.05) is 19.1 Å². The van der Waals surface area contributed by atoms with Crippen LogP contribution in [0.5, 0.6) is 28.7 Å². The summed E-state index contributed by atoms with van der Waals surface area (Å²) < 4.78 is 18.9. The van der Waals surface area contributed by atoms with Crippen LogP contribution in [0.2, 0.25) is 0 Å². The van der Waals surface area contributed by atoms with E-state index >= 15 is 0 Å². The molecular formula is C34H40O14. The number of benzene rings is 3. The first-order chi connectivity index (χ1) is 22.9. The molecule has 3 aromatic carbocycles. The quantitative estimate of drug-likeness (QED) is 0.0921. The fraction of sp³-hybridized carbons (Fsp3) is 0.265. The normalized spacial score (nSPS) is 13.5. The van der Waals surface area contributed by atoms with Crippen LogP contribution in [0.4, 0.5) is 0 Å². The Hall–Kier alpha value is -5.73. The molecule has 1 heterocycles. The number of hydrogen-bond acceptors (Lipinski definition) is 14. The van der Waals surface area contributed by atoms with Crippen LogP contribution >= 0.6 is 0 Å². The van der Waals surface area contributed by atoms with Gasteiger partial charge in [0, 0.05) is 5.56 Å². The Balaban J connectivity index is 0.000000320. The van der Waals surface area contributed by atoms with Crippen LogP contribution in [0.25, 0.3) is 0 Å². The second kappa shape index (κ2) is 21.1. The van der Waals surface area contributed by atoms with Gasteiger partial charge in [0.15, 0.2) is 34.9 Å². The van der Waals surface area contributed by atoms with Gasteiger partial charge in [-0.15, -0.1) is 6.58 Å². The van der Waals surface area contributed by atoms with Crippen molar-refractivity contribution in [2.75, 3.05) is 27.4 Å². The highest BCUT2D eigenvalue weighted by atomic mass is 16.6. The van der Waals surface area contributed by atoms with Crippen LogP contribution in [0.15, 0.2) is 84.8 Å². The van der Waals surface area contributed by atoms with Gasteiger partial charge in [0.2, 0.25) is 5.76 Å². The molecule has 0 aromatic heterocycles. The second-order valence-corrected chi connectivity index (χ2v) is 9.54. The fourth-order valence-electron chi connectivity index (χ4n) is 3.48. The number of carbonyl (C=O) groups excluding carboxylic acids is 3. The van der Waals surface area contributed by atoms with Gasteiger partial charge in [-0.1, -0.05) is 19.1 Å². The van der Waals surface area contributed by atoms with Crippen molar-refractivity contribution in [2.45, 2.75) is 32.0 Å². The summed E-state index contributed by atoms with van der Waals surface area (Å²) in [5.41, 5.74) is 2.03. The molecule has 14 heteroatoms. The molecule has 0 saturated heterocycles. The van der Waals surface area contributed by atoms with E-state index in [2.05, 4.69) is 11.3 Å². The molecule has 0 saturated carbocycles. The van der Waals surface area contributed by atoms with Gasteiger partial charge in [-0.3, -0.25) is 4.79 Å². The second-order valence-electron chi connectivity index (χ2n) is 9.54. The van der Waals surface area contributed by atoms with Gasteiger partial charge in [-0.25, -0.2) is 9.59 Å². The molecule has 0 aliphatic carbocycles. The number of rotatable bonds is 10. The highest BCUT2D eigenvalue weighted by Gasteiger charge is 2.38. The van der Waals surface area contributed by atoms with Crippen LogP contribution in [-0.2, 0) is 20.7 Å². The number of aliphatic hydroxyl groups is 4. The molecule has 0 bridgehead atoms. The molecule has 3 aromatic rings. The average molecular weight is 673 g/mol. The van der Waals surface area contributed by atoms with Gasteiger partial charge in [0.25, 0.3) is 0 Å². The standard InChI is InChI=1S/C10H12O3.C10H12O2.C8H8O3.C6H8O6/c1-2-7-13-10(12)8-3-5-9(11)6-4-8;1-3-4-8-5-6-9(11)10(7-8)12-2;1-11-8-4-6(5-9)2-3-7(8)10;7-1-2(8)5-3(9)4(10)6(11)12-5/h3-6,11H,2,7H2,1H3;3,5-7,11H,1,4H2,2H3;2-5,10H,1H3;2,5,7-10H,1H2/t;;;2-,5+/m...0/s1. The number of esters is 2. The van der Waals surface area contributed by atoms with E-state index in [0.29, 0.717) is 35.5 Å². The number of aldehydes is 1. The summed E-state index contributed by atoms with van der Waals surface area (Å²) in [4.78, 5) is 32.0. The Kier molecular flexibility index (Phi) is 17.7. The third-order valence-electron chi connectivity index (χ3n) is 5.98. The maximum Gasteiger partial charge on any atom is 0.377 e. The summed E-state index contributed by atoms with van der Waals surface area (Å²) >= 11 is 0. The maximum atomic E-state index is 11.2. The van der Waals surface area contributed by atoms with Crippen LogP contribution < -0.4 is 9.47 Å². The molecule has 7 N–H and O–H groups in total. The van der Waals surface area contributed by atoms with E-state index < -0.39 is 36.3 Å². The van der Waals surface area contributed by atoms with Crippen LogP contribution in [0, 0.1) is 0 Å². The maximum absolute atomic E-state index is 11.2. The number of carbonyl (C=O) groups is 3. The molecule has 0 fully saturated rings. The van der Waals surface area contributed by atoms with E-state index in [1.165, 1.54) is 56.7 Å². The monoisotopic (exact) mass is 672 g/mol. The van der Waals surface area contributed by atoms with Crippen LogP contribution in [0.3, 0.4) is 0 Å². The minimum absolute atomic E-state index is 0.0399. The zero-order valence-corrected chi connectivity index (χ0v) is 26.6. The van der Waals surface area contributed by atoms with Gasteiger partial charge in [0.05, 0.1) is 33.0 Å². The molecule has 14 nitrogen and oxygen atoms in total. The molecule has 0 spiro atoms. The highest BCUT2D eigenvalue weighted by Crippen LogP contribution is 2.27. The van der Waals surface area contributed by atoms with Gasteiger partial charge in [0.1, 0.15) is 18.1 Å². The SMILES string of the molecule is C=CCc1ccc(O)c(OC)c1.CCCOC(=O)c1ccc(O)cc1.COc1cc(C=O)ccc1O.O=C1O[C@H]([C@@H](O)CO)C(O)=C1O. The van der Waals surface area contributed by atoms with E-state index in [9.17, 15) is 19.5 Å². The largest absolute Gasteiger partial charge is 0.508 e. The van der Waals surface area contributed by atoms with E-state index in [-0.39, 0.29) is 23.2 Å². The average Bonchev–Trinajstić information content (AvgIpc) is 3.36. The number of allylic oxidation sites excluding steroid dienone is 1. The van der Waals surface area contributed by atoms with Gasteiger partial charge in [-0.2, -0.15) is 0 Å². The lowest BCUT2D eigenvalue weighted by Crippen LogP contribution is -2.31. The lowest BCUT2D eigenvalue weighted by Gasteiger charge is -2.13. The molecule has 4 rings (SSSR count). The third kappa shape index (κ3) is 12.9. The summed E-state index contributed by atoms with van der Waals surface area (Å²) in [6.45, 7) is 5.32. The van der Waals surface area contributed by atoms with Gasteiger partial charge in [-0.05, 0) is 73.0 Å². The van der Waals surface area contributed by atoms with Crippen LogP contribution in [0.1, 0.15) is 39.6 Å². The first-order valence-corrected chi connectivity index (χ1v) is 14.2. The first kappa shape index (κ1) is 40.3. The number of aliphatic hydroxyl groups excluding tert-OH is 4. The summed E-state index contributed by atoms with van der Waals surface area (Å²) in [5.74, 6) is -1.94. The number of phenols is 3. The molecule has 0 amide bonds. The molecule has 0 unspecified atom stereocenters. The minimum atomic E-state index is -1.42. The minimum Gasteiger partial charge on any atom is -0.508 e. The first-order valence-electron chi connectivity index (χ1n) is 14.2. The Morgan fingerprint density at radius 3 is 2.00 bits per heavy atom. The lowest BCUT2D eigenvalue weighted by molar-refractivity contribution is -0.147. The third-order valence-corrected chi connectivity index (χ3v) is 5.98. The number of aromatic hydroxyl groups is 3. The molecule has 2 atom stereocenters. The summed E-state index contributed by atoms with van der Waals surface area (Å²) in [5, 5.41) is 62.3. The molecule has 260 valence electrons. The Morgan fingerprint density at radius 2 is 1.52 bits per heavy atom. The zero-order chi connectivity index (χ0) is 36.2. The van der Waals surface area contributed by atoms with E-state index in [0.717, 1.165) is 18.4 Å². The topological polar surface area (TPSA) is 230 Å². The fourth-order valence-corrected chi connectivity index (χ4v) is 3.48. The van der Waals surface area contributed by atoms with Crippen molar-refractivity contribution in [1.29, 1.82) is 0 Å². The van der Waals surface area contributed by atoms with E-state index in [4.69, 9.17) is 44.8 Å². The predicted molar refractivity (Wildman–Crippen MR) is 173 cm³/mol. The van der Waals surface area contributed by atoms with Crippen molar-refractivity contribution in [3.63, 3.8) is 0 Å². The number of hydrogen-bond donors (Lipinski definition) is 7. The Labute approximate surface area is 277 Å². The smallest absolute Gasteiger partial charge is 0.377 e. The number of phenolic OH excluding ortho intramolecular Hbond substituents is 3. The van der Waals surface area contributed by atoms with Crippen LogP contribution in [-0.4, -0.2) is 93.6 Å². The summed E-state index contributed by atoms with van der Waals surface area (Å²) in [7, 11) is 2.97. The van der Waals surface area contributed by atoms with E-state index in [1.54, 1.807) is 12.1 Å². The van der Waals surface area contributed by atoms with Crippen molar-refractivity contribution in [2.24, 2.45) is 0 Å². The predicted octanol–water partition coefficient (Wildman–Crippen LogP) is 3.89. The van der Waals surface area contributed by atoms with Crippen molar-refractivity contribution in [1.82, 2.24) is 0 Å². The van der Waals surface area contributed by atoms with Crippen molar-refractivity contribution in [3.05, 3.63) is 102 Å².